The molecule has 28 heavy (non-hydrogen) atoms. The van der Waals surface area contributed by atoms with Crippen LogP contribution in [0.1, 0.15) is 48.8 Å². The Bertz CT molecular complexity index is 868. The first-order valence-electron chi connectivity index (χ1n) is 9.92. The fourth-order valence-electron chi connectivity index (χ4n) is 3.76. The van der Waals surface area contributed by atoms with Gasteiger partial charge in [0.25, 0.3) is 0 Å². The summed E-state index contributed by atoms with van der Waals surface area (Å²) >= 11 is 0. The number of carbonyl (C=O) groups is 2. The number of nitrogens with one attached hydrogen (secondary N) is 1. The van der Waals surface area contributed by atoms with Crippen LogP contribution in [0, 0.1) is 20.8 Å². The monoisotopic (exact) mass is 387 g/mol. The molecule has 0 spiro atoms. The standard InChI is InChI=1S/C20H29N5O3/c1-5-28-20(27)24-10-8-16(9-11-24)22-19(26)7-6-17-14(3)21-18-12-13(2)23-25(18)15(17)4/h12,16H,5-11H2,1-4H3,(H,22,26). The van der Waals surface area contributed by atoms with Gasteiger partial charge in [-0.15, -0.1) is 0 Å². The van der Waals surface area contributed by atoms with Crippen molar-refractivity contribution in [2.75, 3.05) is 19.7 Å². The van der Waals surface area contributed by atoms with Crippen molar-refractivity contribution in [3.05, 3.63) is 28.7 Å². The minimum absolute atomic E-state index is 0.0325. The van der Waals surface area contributed by atoms with Gasteiger partial charge in [0.15, 0.2) is 5.65 Å². The Labute approximate surface area is 165 Å². The van der Waals surface area contributed by atoms with Crippen LogP contribution < -0.4 is 5.32 Å². The molecule has 1 aliphatic rings. The molecule has 8 heteroatoms. The van der Waals surface area contributed by atoms with E-state index in [1.165, 1.54) is 0 Å². The van der Waals surface area contributed by atoms with E-state index < -0.39 is 0 Å². The third-order valence-electron chi connectivity index (χ3n) is 5.27. The molecule has 0 saturated carbocycles. The Balaban J connectivity index is 1.53. The third kappa shape index (κ3) is 4.43. The van der Waals surface area contributed by atoms with Crippen molar-refractivity contribution >= 4 is 17.6 Å². The van der Waals surface area contributed by atoms with Gasteiger partial charge < -0.3 is 15.0 Å². The molecule has 1 aliphatic heterocycles. The largest absolute Gasteiger partial charge is 0.450 e. The molecule has 0 unspecified atom stereocenters. The molecule has 3 rings (SSSR count). The van der Waals surface area contributed by atoms with E-state index in [-0.39, 0.29) is 18.0 Å². The quantitative estimate of drug-likeness (QED) is 0.851. The fourth-order valence-corrected chi connectivity index (χ4v) is 3.76. The van der Waals surface area contributed by atoms with E-state index in [1.54, 1.807) is 11.8 Å². The summed E-state index contributed by atoms with van der Waals surface area (Å²) in [6.07, 6.45) is 2.28. The minimum Gasteiger partial charge on any atom is -0.450 e. The summed E-state index contributed by atoms with van der Waals surface area (Å²) in [5.41, 5.74) is 4.82. The molecule has 1 N–H and O–H groups in total. The molecule has 1 saturated heterocycles. The highest BCUT2D eigenvalue weighted by Gasteiger charge is 2.24. The molecule has 0 aliphatic carbocycles. The summed E-state index contributed by atoms with van der Waals surface area (Å²) in [5.74, 6) is 0.0325. The maximum atomic E-state index is 12.4. The van der Waals surface area contributed by atoms with Gasteiger partial charge in [0.1, 0.15) is 0 Å². The number of aryl methyl sites for hydroxylation is 3. The molecule has 2 aromatic rings. The predicted molar refractivity (Wildman–Crippen MR) is 105 cm³/mol. The van der Waals surface area contributed by atoms with Crippen LogP contribution in [-0.2, 0) is 16.0 Å². The molecule has 0 aromatic carbocycles. The van der Waals surface area contributed by atoms with Gasteiger partial charge >= 0.3 is 6.09 Å². The van der Waals surface area contributed by atoms with Crippen LogP contribution in [0.3, 0.4) is 0 Å². The van der Waals surface area contributed by atoms with E-state index in [0.29, 0.717) is 32.5 Å². The Kier molecular flexibility index (Phi) is 6.16. The highest BCUT2D eigenvalue weighted by molar-refractivity contribution is 5.76. The van der Waals surface area contributed by atoms with Crippen LogP contribution in [-0.4, -0.2) is 57.2 Å². The summed E-state index contributed by atoms with van der Waals surface area (Å²) in [4.78, 5) is 30.5. The highest BCUT2D eigenvalue weighted by Crippen LogP contribution is 2.17. The summed E-state index contributed by atoms with van der Waals surface area (Å²) in [5, 5.41) is 7.58. The van der Waals surface area contributed by atoms with Crippen LogP contribution in [0.4, 0.5) is 4.79 Å². The molecular weight excluding hydrogens is 358 g/mol. The summed E-state index contributed by atoms with van der Waals surface area (Å²) < 4.78 is 6.87. The molecule has 0 bridgehead atoms. The molecule has 0 atom stereocenters. The average molecular weight is 387 g/mol. The molecule has 1 fully saturated rings. The van der Waals surface area contributed by atoms with Crippen molar-refractivity contribution in [1.82, 2.24) is 24.8 Å². The van der Waals surface area contributed by atoms with Crippen LogP contribution >= 0.6 is 0 Å². The lowest BCUT2D eigenvalue weighted by atomic mass is 10.0. The maximum absolute atomic E-state index is 12.4. The first-order chi connectivity index (χ1) is 13.4. The second-order valence-corrected chi connectivity index (χ2v) is 7.34. The molecule has 8 nitrogen and oxygen atoms in total. The van der Waals surface area contributed by atoms with Crippen molar-refractivity contribution in [1.29, 1.82) is 0 Å². The minimum atomic E-state index is -0.269. The highest BCUT2D eigenvalue weighted by atomic mass is 16.6. The fraction of sp³-hybridized carbons (Fsp3) is 0.600. The number of hydrogen-bond acceptors (Lipinski definition) is 5. The first kappa shape index (κ1) is 20.1. The molecule has 0 radical (unpaired) electrons. The van der Waals surface area contributed by atoms with Crippen LogP contribution in [0.25, 0.3) is 5.65 Å². The summed E-state index contributed by atoms with van der Waals surface area (Å²) in [6.45, 7) is 9.36. The molecular formula is C20H29N5O3. The number of piperidine rings is 1. The Morgan fingerprint density at radius 3 is 2.64 bits per heavy atom. The van der Waals surface area contributed by atoms with E-state index in [9.17, 15) is 9.59 Å². The van der Waals surface area contributed by atoms with E-state index >= 15 is 0 Å². The zero-order chi connectivity index (χ0) is 20.3. The van der Waals surface area contributed by atoms with Gasteiger partial charge in [-0.3, -0.25) is 4.79 Å². The Morgan fingerprint density at radius 2 is 1.96 bits per heavy atom. The summed E-state index contributed by atoms with van der Waals surface area (Å²) in [7, 11) is 0. The van der Waals surface area contributed by atoms with Crippen molar-refractivity contribution in [2.45, 2.75) is 59.4 Å². The topological polar surface area (TPSA) is 88.8 Å². The second kappa shape index (κ2) is 8.58. The lowest BCUT2D eigenvalue weighted by Gasteiger charge is -2.31. The smallest absolute Gasteiger partial charge is 0.409 e. The third-order valence-corrected chi connectivity index (χ3v) is 5.27. The molecule has 2 aromatic heterocycles. The zero-order valence-electron chi connectivity index (χ0n) is 17.1. The number of fused-ring (bicyclic) bond motifs is 1. The zero-order valence-corrected chi connectivity index (χ0v) is 17.1. The number of rotatable bonds is 5. The number of amides is 2. The van der Waals surface area contributed by atoms with Crippen LogP contribution in [0.15, 0.2) is 6.07 Å². The molecule has 2 amide bonds. The number of aromatic nitrogens is 3. The average Bonchev–Trinajstić information content (AvgIpc) is 3.02. The lowest BCUT2D eigenvalue weighted by molar-refractivity contribution is -0.122. The van der Waals surface area contributed by atoms with Crippen molar-refractivity contribution in [3.8, 4) is 0 Å². The van der Waals surface area contributed by atoms with Crippen LogP contribution in [0.5, 0.6) is 0 Å². The van der Waals surface area contributed by atoms with E-state index in [4.69, 9.17) is 4.74 Å². The molecule has 3 heterocycles. The predicted octanol–water partition coefficient (Wildman–Crippen LogP) is 2.32. The van der Waals surface area contributed by atoms with E-state index in [1.807, 2.05) is 31.4 Å². The van der Waals surface area contributed by atoms with Gasteiger partial charge in [-0.05, 0) is 52.5 Å². The van der Waals surface area contributed by atoms with Crippen molar-refractivity contribution in [3.63, 3.8) is 0 Å². The van der Waals surface area contributed by atoms with Gasteiger partial charge in [0.05, 0.1) is 12.3 Å². The van der Waals surface area contributed by atoms with Crippen molar-refractivity contribution < 1.29 is 14.3 Å². The van der Waals surface area contributed by atoms with Crippen LogP contribution in [0.2, 0.25) is 0 Å². The number of ether oxygens (including phenoxy) is 1. The number of carbonyl (C=O) groups excluding carboxylic acids is 2. The van der Waals surface area contributed by atoms with Gasteiger partial charge in [-0.2, -0.15) is 5.10 Å². The number of nitrogens with zero attached hydrogens (tertiary/aromatic N) is 4. The molecule has 152 valence electrons. The van der Waals surface area contributed by atoms with Gasteiger partial charge in [0.2, 0.25) is 5.91 Å². The lowest BCUT2D eigenvalue weighted by Crippen LogP contribution is -2.46. The Hall–Kier alpha value is -2.64. The first-order valence-corrected chi connectivity index (χ1v) is 9.92. The Morgan fingerprint density at radius 1 is 1.25 bits per heavy atom. The van der Waals surface area contributed by atoms with E-state index in [0.717, 1.165) is 41.1 Å². The van der Waals surface area contributed by atoms with Crippen molar-refractivity contribution in [2.24, 2.45) is 0 Å². The SMILES string of the molecule is CCOC(=O)N1CCC(NC(=O)CCc2c(C)nc3cc(C)nn3c2C)CC1. The van der Waals surface area contributed by atoms with Gasteiger partial charge in [-0.25, -0.2) is 14.3 Å². The normalized spacial score (nSPS) is 15.1. The van der Waals surface area contributed by atoms with E-state index in [2.05, 4.69) is 15.4 Å². The summed E-state index contributed by atoms with van der Waals surface area (Å²) in [6, 6.07) is 2.06. The maximum Gasteiger partial charge on any atom is 0.409 e. The number of hydrogen-bond donors (Lipinski definition) is 1. The van der Waals surface area contributed by atoms with Gasteiger partial charge in [-0.1, -0.05) is 0 Å². The number of likely N-dealkylation sites (tertiary alicyclic amines) is 1. The second-order valence-electron chi connectivity index (χ2n) is 7.34. The van der Waals surface area contributed by atoms with Gasteiger partial charge in [0, 0.05) is 43.0 Å².